The molecule has 0 amide bonds. The number of rotatable bonds is 3. The topological polar surface area (TPSA) is 53.0 Å². The van der Waals surface area contributed by atoms with Crippen molar-refractivity contribution in [1.29, 1.82) is 5.26 Å². The maximum absolute atomic E-state index is 8.88. The second-order valence-electron chi connectivity index (χ2n) is 4.81. The van der Waals surface area contributed by atoms with Gasteiger partial charge in [-0.1, -0.05) is 0 Å². The van der Waals surface area contributed by atoms with E-state index in [1.54, 1.807) is 0 Å². The van der Waals surface area contributed by atoms with Crippen molar-refractivity contribution >= 4 is 21.6 Å². The Balaban J connectivity index is 2.13. The summed E-state index contributed by atoms with van der Waals surface area (Å²) in [6.07, 6.45) is 3.60. The molecule has 1 fully saturated rings. The lowest BCUT2D eigenvalue weighted by Crippen LogP contribution is -2.36. The molecule has 18 heavy (non-hydrogen) atoms. The molecule has 2 N–H and O–H groups in total. The van der Waals surface area contributed by atoms with E-state index in [4.69, 9.17) is 11.0 Å². The van der Waals surface area contributed by atoms with Gasteiger partial charge in [0.05, 0.1) is 17.3 Å². The zero-order valence-corrected chi connectivity index (χ0v) is 12.0. The van der Waals surface area contributed by atoms with E-state index in [0.29, 0.717) is 11.5 Å². The second kappa shape index (κ2) is 6.21. The maximum atomic E-state index is 8.88. The van der Waals surface area contributed by atoms with E-state index in [9.17, 15) is 0 Å². The summed E-state index contributed by atoms with van der Waals surface area (Å²) in [4.78, 5) is 2.40. The van der Waals surface area contributed by atoms with E-state index in [1.165, 1.54) is 18.5 Å². The molecule has 0 radical (unpaired) electrons. The van der Waals surface area contributed by atoms with Gasteiger partial charge in [0.15, 0.2) is 0 Å². The zero-order chi connectivity index (χ0) is 13.0. The Hall–Kier alpha value is -1.05. The lowest BCUT2D eigenvalue weighted by molar-refractivity contribution is 0.396. The molecule has 96 valence electrons. The Bertz CT molecular complexity index is 451. The first kappa shape index (κ1) is 13.4. The van der Waals surface area contributed by atoms with Crippen LogP contribution in [0.3, 0.4) is 0 Å². The molecule has 1 atom stereocenters. The number of nitrogens with two attached hydrogens (primary N) is 1. The number of hydrogen-bond acceptors (Lipinski definition) is 3. The minimum atomic E-state index is 0.696. The molecule has 3 nitrogen and oxygen atoms in total. The molecule has 1 heterocycles. The summed E-state index contributed by atoms with van der Waals surface area (Å²) < 4.78 is 1.01. The number of nitrogens with zero attached hydrogens (tertiary/aromatic N) is 2. The Morgan fingerprint density at radius 1 is 1.50 bits per heavy atom. The summed E-state index contributed by atoms with van der Waals surface area (Å²) in [6.45, 7) is 2.93. The fourth-order valence-corrected chi connectivity index (χ4v) is 3.22. The standard InChI is InChI=1S/C14H18BrN3/c15-13-8-12(9-17)3-4-14(13)18-7-1-2-11(10-18)5-6-16/h3-4,8,11H,1-2,5-7,10,16H2. The number of anilines is 1. The van der Waals surface area contributed by atoms with E-state index >= 15 is 0 Å². The number of halogens is 1. The molecule has 0 aliphatic carbocycles. The summed E-state index contributed by atoms with van der Waals surface area (Å²) in [5.41, 5.74) is 7.53. The number of benzene rings is 1. The van der Waals surface area contributed by atoms with Gasteiger partial charge in [0.25, 0.3) is 0 Å². The minimum absolute atomic E-state index is 0.696. The lowest BCUT2D eigenvalue weighted by atomic mass is 9.94. The van der Waals surface area contributed by atoms with Crippen LogP contribution in [0.25, 0.3) is 0 Å². The van der Waals surface area contributed by atoms with Crippen LogP contribution in [0.1, 0.15) is 24.8 Å². The van der Waals surface area contributed by atoms with Crippen LogP contribution in [0.5, 0.6) is 0 Å². The predicted molar refractivity (Wildman–Crippen MR) is 77.5 cm³/mol. The summed E-state index contributed by atoms with van der Waals surface area (Å²) >= 11 is 3.56. The van der Waals surface area contributed by atoms with E-state index in [-0.39, 0.29) is 0 Å². The molecule has 1 aliphatic heterocycles. The first-order chi connectivity index (χ1) is 8.74. The predicted octanol–water partition coefficient (Wildman–Crippen LogP) is 2.89. The van der Waals surface area contributed by atoms with Crippen LogP contribution in [-0.4, -0.2) is 19.6 Å². The molecule has 1 aromatic rings. The highest BCUT2D eigenvalue weighted by Gasteiger charge is 2.20. The Morgan fingerprint density at radius 2 is 2.33 bits per heavy atom. The summed E-state index contributed by atoms with van der Waals surface area (Å²) in [7, 11) is 0. The highest BCUT2D eigenvalue weighted by atomic mass is 79.9. The monoisotopic (exact) mass is 307 g/mol. The SMILES string of the molecule is N#Cc1ccc(N2CCCC(CCN)C2)c(Br)c1. The number of nitriles is 1. The lowest BCUT2D eigenvalue weighted by Gasteiger charge is -2.35. The van der Waals surface area contributed by atoms with E-state index in [2.05, 4.69) is 26.9 Å². The van der Waals surface area contributed by atoms with Gasteiger partial charge in [0, 0.05) is 17.6 Å². The van der Waals surface area contributed by atoms with Crippen LogP contribution in [0, 0.1) is 17.2 Å². The molecular formula is C14H18BrN3. The van der Waals surface area contributed by atoms with Gasteiger partial charge in [-0.25, -0.2) is 0 Å². The molecule has 0 spiro atoms. The molecule has 0 saturated carbocycles. The van der Waals surface area contributed by atoms with Crippen molar-refractivity contribution < 1.29 is 0 Å². The van der Waals surface area contributed by atoms with Crippen LogP contribution >= 0.6 is 15.9 Å². The first-order valence-corrected chi connectivity index (χ1v) is 7.18. The van der Waals surface area contributed by atoms with Crippen molar-refractivity contribution in [3.63, 3.8) is 0 Å². The van der Waals surface area contributed by atoms with Crippen molar-refractivity contribution in [2.45, 2.75) is 19.3 Å². The Morgan fingerprint density at radius 3 is 3.00 bits per heavy atom. The number of hydrogen-bond donors (Lipinski definition) is 1. The largest absolute Gasteiger partial charge is 0.370 e. The molecule has 2 rings (SSSR count). The highest BCUT2D eigenvalue weighted by molar-refractivity contribution is 9.10. The van der Waals surface area contributed by atoms with Crippen molar-refractivity contribution in [2.75, 3.05) is 24.5 Å². The third kappa shape index (κ3) is 3.04. The van der Waals surface area contributed by atoms with Gasteiger partial charge in [0.2, 0.25) is 0 Å². The van der Waals surface area contributed by atoms with Gasteiger partial charge < -0.3 is 10.6 Å². The van der Waals surface area contributed by atoms with E-state index in [0.717, 1.165) is 30.5 Å². The van der Waals surface area contributed by atoms with Gasteiger partial charge >= 0.3 is 0 Å². The molecular weight excluding hydrogens is 290 g/mol. The van der Waals surface area contributed by atoms with Gasteiger partial charge in [-0.2, -0.15) is 5.26 Å². The molecule has 0 bridgehead atoms. The van der Waals surface area contributed by atoms with E-state index in [1.807, 2.05) is 18.2 Å². The van der Waals surface area contributed by atoms with Gasteiger partial charge in [-0.3, -0.25) is 0 Å². The van der Waals surface area contributed by atoms with Crippen LogP contribution in [-0.2, 0) is 0 Å². The summed E-state index contributed by atoms with van der Waals surface area (Å²) in [6, 6.07) is 7.97. The van der Waals surface area contributed by atoms with Crippen molar-refractivity contribution in [3.05, 3.63) is 28.2 Å². The third-order valence-electron chi connectivity index (χ3n) is 3.51. The van der Waals surface area contributed by atoms with Crippen LogP contribution in [0.4, 0.5) is 5.69 Å². The van der Waals surface area contributed by atoms with Crippen molar-refractivity contribution in [3.8, 4) is 6.07 Å². The Labute approximate surface area is 117 Å². The molecule has 4 heteroatoms. The first-order valence-electron chi connectivity index (χ1n) is 6.39. The van der Waals surface area contributed by atoms with Gasteiger partial charge in [0.1, 0.15) is 0 Å². The van der Waals surface area contributed by atoms with Gasteiger partial charge in [-0.15, -0.1) is 0 Å². The summed E-state index contributed by atoms with van der Waals surface area (Å²) in [5.74, 6) is 0.700. The van der Waals surface area contributed by atoms with Crippen molar-refractivity contribution in [2.24, 2.45) is 11.7 Å². The molecule has 1 saturated heterocycles. The summed E-state index contributed by atoms with van der Waals surface area (Å²) in [5, 5.41) is 8.88. The van der Waals surface area contributed by atoms with E-state index < -0.39 is 0 Å². The number of piperidine rings is 1. The average molecular weight is 308 g/mol. The average Bonchev–Trinajstić information content (AvgIpc) is 2.39. The maximum Gasteiger partial charge on any atom is 0.0992 e. The quantitative estimate of drug-likeness (QED) is 0.934. The highest BCUT2D eigenvalue weighted by Crippen LogP contribution is 2.31. The zero-order valence-electron chi connectivity index (χ0n) is 10.4. The van der Waals surface area contributed by atoms with Crippen LogP contribution in [0.15, 0.2) is 22.7 Å². The molecule has 1 aromatic carbocycles. The fraction of sp³-hybridized carbons (Fsp3) is 0.500. The van der Waals surface area contributed by atoms with Crippen molar-refractivity contribution in [1.82, 2.24) is 0 Å². The van der Waals surface area contributed by atoms with Gasteiger partial charge in [-0.05, 0) is 65.9 Å². The molecule has 1 aliphatic rings. The normalized spacial score (nSPS) is 19.6. The Kier molecular flexibility index (Phi) is 4.62. The van der Waals surface area contributed by atoms with Crippen LogP contribution < -0.4 is 10.6 Å². The molecule has 0 aromatic heterocycles. The van der Waals surface area contributed by atoms with Crippen LogP contribution in [0.2, 0.25) is 0 Å². The third-order valence-corrected chi connectivity index (χ3v) is 4.15. The minimum Gasteiger partial charge on any atom is -0.370 e. The fourth-order valence-electron chi connectivity index (χ4n) is 2.59. The smallest absolute Gasteiger partial charge is 0.0992 e. The molecule has 1 unspecified atom stereocenters. The second-order valence-corrected chi connectivity index (χ2v) is 5.66.